The average molecular weight is 591 g/mol. The Hall–Kier alpha value is 0.540. The SMILES string of the molecule is CCC1(C)CC(OP2OCC3(CO2)COP(OC2CC(C)(CC)NC(C)(CC)C2C)OC3)C(C)C(C)(CC)N1. The second-order valence-electron chi connectivity index (χ2n) is 13.9. The molecule has 4 aliphatic rings. The van der Waals surface area contributed by atoms with Gasteiger partial charge in [0, 0.05) is 34.0 Å². The van der Waals surface area contributed by atoms with Crippen LogP contribution in [0, 0.1) is 17.3 Å². The summed E-state index contributed by atoms with van der Waals surface area (Å²) in [7, 11) is -2.79. The highest BCUT2D eigenvalue weighted by Gasteiger charge is 2.51. The van der Waals surface area contributed by atoms with Crippen LogP contribution >= 0.6 is 17.2 Å². The van der Waals surface area contributed by atoms with Gasteiger partial charge in [-0.05, 0) is 66.2 Å². The minimum atomic E-state index is -1.39. The van der Waals surface area contributed by atoms with E-state index in [4.69, 9.17) is 27.1 Å². The van der Waals surface area contributed by atoms with Crippen LogP contribution in [0.4, 0.5) is 0 Å². The fraction of sp³-hybridized carbons (Fsp3) is 1.00. The first-order valence-corrected chi connectivity index (χ1v) is 17.5. The van der Waals surface area contributed by atoms with Crippen molar-refractivity contribution in [3.63, 3.8) is 0 Å². The fourth-order valence-electron chi connectivity index (χ4n) is 6.74. The Balaban J connectivity index is 1.29. The molecule has 8 unspecified atom stereocenters. The average Bonchev–Trinajstić information content (AvgIpc) is 2.92. The smallest absolute Gasteiger partial charge is 0.311 e. The van der Waals surface area contributed by atoms with Gasteiger partial charge in [0.2, 0.25) is 0 Å². The molecule has 0 aromatic rings. The van der Waals surface area contributed by atoms with Crippen molar-refractivity contribution < 1.29 is 27.1 Å². The minimum Gasteiger partial charge on any atom is -0.311 e. The van der Waals surface area contributed by atoms with E-state index in [1.165, 1.54) is 0 Å². The highest BCUT2D eigenvalue weighted by atomic mass is 31.2. The fourth-order valence-corrected chi connectivity index (χ4v) is 9.61. The van der Waals surface area contributed by atoms with Gasteiger partial charge >= 0.3 is 17.2 Å². The van der Waals surface area contributed by atoms with Crippen LogP contribution in [-0.4, -0.2) is 60.8 Å². The van der Waals surface area contributed by atoms with Crippen molar-refractivity contribution in [1.29, 1.82) is 0 Å². The van der Waals surface area contributed by atoms with E-state index in [1.54, 1.807) is 0 Å². The highest BCUT2D eigenvalue weighted by molar-refractivity contribution is 7.42. The molecule has 8 atom stereocenters. The Morgan fingerprint density at radius 1 is 0.615 bits per heavy atom. The molecule has 0 saturated carbocycles. The maximum Gasteiger partial charge on any atom is 0.332 e. The molecule has 4 aliphatic heterocycles. The van der Waals surface area contributed by atoms with Gasteiger partial charge in [0.05, 0.1) is 44.1 Å². The molecule has 4 heterocycles. The predicted molar refractivity (Wildman–Crippen MR) is 158 cm³/mol. The van der Waals surface area contributed by atoms with Crippen molar-refractivity contribution in [2.45, 2.75) is 142 Å². The zero-order chi connectivity index (χ0) is 28.7. The third kappa shape index (κ3) is 6.87. The van der Waals surface area contributed by atoms with Gasteiger partial charge in [-0.1, -0.05) is 41.5 Å². The van der Waals surface area contributed by atoms with Crippen LogP contribution in [0.1, 0.15) is 108 Å². The molecule has 8 nitrogen and oxygen atoms in total. The van der Waals surface area contributed by atoms with Crippen molar-refractivity contribution in [3.05, 3.63) is 0 Å². The van der Waals surface area contributed by atoms with E-state index in [-0.39, 0.29) is 39.8 Å². The summed E-state index contributed by atoms with van der Waals surface area (Å²) < 4.78 is 37.9. The third-order valence-electron chi connectivity index (χ3n) is 11.0. The predicted octanol–water partition coefficient (Wildman–Crippen LogP) is 7.22. The van der Waals surface area contributed by atoms with Crippen LogP contribution < -0.4 is 10.6 Å². The summed E-state index contributed by atoms with van der Waals surface area (Å²) >= 11 is 0. The Kier molecular flexibility index (Phi) is 10.2. The van der Waals surface area contributed by atoms with E-state index in [0.29, 0.717) is 38.3 Å². The number of hydrogen-bond acceptors (Lipinski definition) is 8. The molecule has 0 aliphatic carbocycles. The highest BCUT2D eigenvalue weighted by Crippen LogP contribution is 2.56. The molecule has 228 valence electrons. The van der Waals surface area contributed by atoms with Gasteiger partial charge in [-0.2, -0.15) is 0 Å². The largest absolute Gasteiger partial charge is 0.332 e. The summed E-state index contributed by atoms with van der Waals surface area (Å²) in [6.45, 7) is 24.9. The van der Waals surface area contributed by atoms with E-state index in [0.717, 1.165) is 38.5 Å². The standard InChI is InChI=1S/C29H56N2O6P2/c1-11-25(7)15-23(21(5)27(9,13-3)30-25)36-38-32-17-29(18-33-38)19-34-39(35-20-29)37-24-16-26(8,12-2)31-28(10,14-4)22(24)6/h21-24,30-31H,11-20H2,1-10H3. The molecule has 0 radical (unpaired) electrons. The van der Waals surface area contributed by atoms with Crippen molar-refractivity contribution in [2.75, 3.05) is 26.4 Å². The molecule has 0 aromatic heterocycles. The lowest BCUT2D eigenvalue weighted by Crippen LogP contribution is -2.66. The Labute approximate surface area is 240 Å². The summed E-state index contributed by atoms with van der Waals surface area (Å²) in [5.74, 6) is 0.715. The minimum absolute atomic E-state index is 0.0251. The van der Waals surface area contributed by atoms with Crippen LogP contribution in [-0.2, 0) is 27.1 Å². The van der Waals surface area contributed by atoms with Gasteiger partial charge in [-0.15, -0.1) is 0 Å². The quantitative estimate of drug-likeness (QED) is 0.287. The lowest BCUT2D eigenvalue weighted by molar-refractivity contribution is -0.0978. The van der Waals surface area contributed by atoms with Crippen molar-refractivity contribution in [3.8, 4) is 0 Å². The summed E-state index contributed by atoms with van der Waals surface area (Å²) in [5.41, 5.74) is -0.165. The van der Waals surface area contributed by atoms with Gasteiger partial charge < -0.3 is 37.8 Å². The second-order valence-corrected chi connectivity index (χ2v) is 16.3. The van der Waals surface area contributed by atoms with E-state index >= 15 is 0 Å². The first kappa shape index (κ1) is 32.5. The molecule has 4 rings (SSSR count). The van der Waals surface area contributed by atoms with Crippen molar-refractivity contribution in [1.82, 2.24) is 10.6 Å². The lowest BCUT2D eigenvalue weighted by Gasteiger charge is -2.54. The van der Waals surface area contributed by atoms with E-state index in [2.05, 4.69) is 79.9 Å². The number of nitrogens with one attached hydrogen (secondary N) is 2. The van der Waals surface area contributed by atoms with Crippen LogP contribution in [0.25, 0.3) is 0 Å². The Morgan fingerprint density at radius 2 is 0.949 bits per heavy atom. The van der Waals surface area contributed by atoms with Crippen LogP contribution in [0.5, 0.6) is 0 Å². The molecule has 4 saturated heterocycles. The maximum absolute atomic E-state index is 6.54. The summed E-state index contributed by atoms with van der Waals surface area (Å²) in [6, 6.07) is 0. The summed E-state index contributed by atoms with van der Waals surface area (Å²) in [6.07, 6.45) is 6.32. The molecular weight excluding hydrogens is 534 g/mol. The van der Waals surface area contributed by atoms with Crippen molar-refractivity contribution in [2.24, 2.45) is 17.3 Å². The molecule has 10 heteroatoms. The molecule has 0 bridgehead atoms. The zero-order valence-corrected chi connectivity index (χ0v) is 28.0. The molecule has 39 heavy (non-hydrogen) atoms. The number of piperidine rings is 2. The molecule has 1 spiro atoms. The molecule has 0 amide bonds. The van der Waals surface area contributed by atoms with Gasteiger partial charge in [0.15, 0.2) is 0 Å². The van der Waals surface area contributed by atoms with E-state index in [1.807, 2.05) is 0 Å². The topological polar surface area (TPSA) is 79.4 Å². The van der Waals surface area contributed by atoms with Crippen LogP contribution in [0.15, 0.2) is 0 Å². The summed E-state index contributed by atoms with van der Waals surface area (Å²) in [4.78, 5) is 0. The van der Waals surface area contributed by atoms with Crippen LogP contribution in [0.2, 0.25) is 0 Å². The lowest BCUT2D eigenvalue weighted by atomic mass is 9.70. The monoisotopic (exact) mass is 590 g/mol. The van der Waals surface area contributed by atoms with Gasteiger partial charge in [-0.3, -0.25) is 0 Å². The molecular formula is C29H56N2O6P2. The molecule has 4 fully saturated rings. The zero-order valence-electron chi connectivity index (χ0n) is 26.2. The third-order valence-corrected chi connectivity index (χ3v) is 13.2. The molecule has 0 aromatic carbocycles. The first-order valence-electron chi connectivity index (χ1n) is 15.3. The van der Waals surface area contributed by atoms with E-state index < -0.39 is 17.2 Å². The number of rotatable bonds is 8. The summed E-state index contributed by atoms with van der Waals surface area (Å²) in [5, 5.41) is 7.84. The normalized spacial score (nSPS) is 51.2. The van der Waals surface area contributed by atoms with Crippen LogP contribution in [0.3, 0.4) is 0 Å². The second kappa shape index (κ2) is 12.3. The number of hydrogen-bond donors (Lipinski definition) is 2. The maximum atomic E-state index is 6.54. The first-order chi connectivity index (χ1) is 18.3. The molecule has 2 N–H and O–H groups in total. The van der Waals surface area contributed by atoms with Crippen molar-refractivity contribution >= 4 is 17.2 Å². The van der Waals surface area contributed by atoms with Gasteiger partial charge in [0.25, 0.3) is 0 Å². The van der Waals surface area contributed by atoms with Gasteiger partial charge in [0.1, 0.15) is 0 Å². The Morgan fingerprint density at radius 3 is 1.23 bits per heavy atom. The van der Waals surface area contributed by atoms with E-state index in [9.17, 15) is 0 Å². The Bertz CT molecular complexity index is 756. The van der Waals surface area contributed by atoms with Gasteiger partial charge in [-0.25, -0.2) is 0 Å².